The summed E-state index contributed by atoms with van der Waals surface area (Å²) in [6.07, 6.45) is 0.991. The van der Waals surface area contributed by atoms with Gasteiger partial charge in [-0.05, 0) is 49.2 Å². The number of hydrogen-bond acceptors (Lipinski definition) is 4. The summed E-state index contributed by atoms with van der Waals surface area (Å²) in [5, 5.41) is 2.75. The van der Waals surface area contributed by atoms with Crippen LogP contribution in [0.15, 0.2) is 47.4 Å². The van der Waals surface area contributed by atoms with E-state index in [1.54, 1.807) is 0 Å². The Hall–Kier alpha value is -2.14. The SMILES string of the molecule is CCc1ccc(NC(=O)C(C)Sc2ccc3c(c2)OCCO3)cc1. The van der Waals surface area contributed by atoms with Crippen molar-refractivity contribution in [3.05, 3.63) is 48.0 Å². The number of nitrogens with one attached hydrogen (secondary N) is 1. The molecule has 1 heterocycles. The van der Waals surface area contributed by atoms with Gasteiger partial charge < -0.3 is 14.8 Å². The number of amides is 1. The third-order valence-electron chi connectivity index (χ3n) is 3.83. The van der Waals surface area contributed by atoms with Gasteiger partial charge >= 0.3 is 0 Å². The molecule has 1 aliphatic rings. The maximum absolute atomic E-state index is 12.4. The molecule has 4 nitrogen and oxygen atoms in total. The smallest absolute Gasteiger partial charge is 0.237 e. The molecule has 1 amide bonds. The summed E-state index contributed by atoms with van der Waals surface area (Å²) in [5.41, 5.74) is 2.08. The van der Waals surface area contributed by atoms with Gasteiger partial charge in [0, 0.05) is 10.6 Å². The molecule has 24 heavy (non-hydrogen) atoms. The van der Waals surface area contributed by atoms with Crippen LogP contribution in [0.1, 0.15) is 19.4 Å². The van der Waals surface area contributed by atoms with Gasteiger partial charge in [-0.1, -0.05) is 19.1 Å². The van der Waals surface area contributed by atoms with Crippen molar-refractivity contribution in [2.24, 2.45) is 0 Å². The Morgan fingerprint density at radius 1 is 1.12 bits per heavy atom. The van der Waals surface area contributed by atoms with Crippen LogP contribution in [0.25, 0.3) is 0 Å². The van der Waals surface area contributed by atoms with Crippen molar-refractivity contribution >= 4 is 23.4 Å². The van der Waals surface area contributed by atoms with Gasteiger partial charge in [0.05, 0.1) is 5.25 Å². The number of thioether (sulfide) groups is 1. The summed E-state index contributed by atoms with van der Waals surface area (Å²) >= 11 is 1.50. The first-order valence-corrected chi connectivity index (χ1v) is 9.00. The number of ether oxygens (including phenoxy) is 2. The molecule has 2 aromatic rings. The Morgan fingerprint density at radius 3 is 2.54 bits per heavy atom. The van der Waals surface area contributed by atoms with Crippen molar-refractivity contribution in [3.63, 3.8) is 0 Å². The third-order valence-corrected chi connectivity index (χ3v) is 4.92. The summed E-state index contributed by atoms with van der Waals surface area (Å²) in [6.45, 7) is 5.15. The molecule has 126 valence electrons. The molecule has 2 aromatic carbocycles. The number of carbonyl (C=O) groups excluding carboxylic acids is 1. The molecule has 1 atom stereocenters. The number of hydrogen-bond donors (Lipinski definition) is 1. The quantitative estimate of drug-likeness (QED) is 0.829. The fourth-order valence-electron chi connectivity index (χ4n) is 2.42. The van der Waals surface area contributed by atoms with Gasteiger partial charge in [-0.3, -0.25) is 4.79 Å². The second-order valence-corrected chi connectivity index (χ2v) is 7.02. The Bertz CT molecular complexity index is 715. The normalized spacial score (nSPS) is 14.1. The van der Waals surface area contributed by atoms with Crippen molar-refractivity contribution in [1.29, 1.82) is 0 Å². The van der Waals surface area contributed by atoms with Gasteiger partial charge in [0.15, 0.2) is 11.5 Å². The number of carbonyl (C=O) groups is 1. The highest BCUT2D eigenvalue weighted by Crippen LogP contribution is 2.35. The van der Waals surface area contributed by atoms with Crippen molar-refractivity contribution in [3.8, 4) is 11.5 Å². The lowest BCUT2D eigenvalue weighted by Gasteiger charge is -2.19. The van der Waals surface area contributed by atoms with Crippen LogP contribution in [0.2, 0.25) is 0 Å². The lowest BCUT2D eigenvalue weighted by molar-refractivity contribution is -0.115. The molecule has 0 fully saturated rings. The average molecular weight is 343 g/mol. The first-order chi connectivity index (χ1) is 11.7. The third kappa shape index (κ3) is 4.03. The molecule has 0 radical (unpaired) electrons. The minimum atomic E-state index is -0.210. The Morgan fingerprint density at radius 2 is 1.83 bits per heavy atom. The van der Waals surface area contributed by atoms with Gasteiger partial charge in [-0.15, -0.1) is 11.8 Å². The summed E-state index contributed by atoms with van der Waals surface area (Å²) in [6, 6.07) is 13.7. The number of anilines is 1. The van der Waals surface area contributed by atoms with E-state index in [-0.39, 0.29) is 11.2 Å². The van der Waals surface area contributed by atoms with Gasteiger partial charge in [0.2, 0.25) is 5.91 Å². The molecule has 0 spiro atoms. The minimum Gasteiger partial charge on any atom is -0.486 e. The van der Waals surface area contributed by atoms with Gasteiger partial charge in [-0.2, -0.15) is 0 Å². The molecule has 0 aromatic heterocycles. The Balaban J connectivity index is 1.61. The zero-order valence-electron chi connectivity index (χ0n) is 13.9. The fraction of sp³-hybridized carbons (Fsp3) is 0.316. The maximum Gasteiger partial charge on any atom is 0.237 e. The zero-order chi connectivity index (χ0) is 16.9. The van der Waals surface area contributed by atoms with Crippen molar-refractivity contribution < 1.29 is 14.3 Å². The molecule has 3 rings (SSSR count). The highest BCUT2D eigenvalue weighted by atomic mass is 32.2. The van der Waals surface area contributed by atoms with Gasteiger partial charge in [-0.25, -0.2) is 0 Å². The molecule has 0 saturated carbocycles. The van der Waals surface area contributed by atoms with Crippen LogP contribution in [-0.4, -0.2) is 24.4 Å². The van der Waals surface area contributed by atoms with Gasteiger partial charge in [0.25, 0.3) is 0 Å². The molecule has 1 N–H and O–H groups in total. The zero-order valence-corrected chi connectivity index (χ0v) is 14.7. The van der Waals surface area contributed by atoms with E-state index in [1.807, 2.05) is 49.4 Å². The minimum absolute atomic E-state index is 0.0147. The Labute approximate surface area is 146 Å². The van der Waals surface area contributed by atoms with Crippen LogP contribution in [0, 0.1) is 0 Å². The average Bonchev–Trinajstić information content (AvgIpc) is 2.62. The molecule has 1 aliphatic heterocycles. The second kappa shape index (κ2) is 7.62. The monoisotopic (exact) mass is 343 g/mol. The van der Waals surface area contributed by atoms with Crippen LogP contribution >= 0.6 is 11.8 Å². The highest BCUT2D eigenvalue weighted by Gasteiger charge is 2.17. The Kier molecular flexibility index (Phi) is 5.30. The fourth-order valence-corrected chi connectivity index (χ4v) is 3.32. The number of benzene rings is 2. The molecule has 1 unspecified atom stereocenters. The predicted octanol–water partition coefficient (Wildman–Crippen LogP) is 4.14. The van der Waals surface area contributed by atoms with E-state index in [2.05, 4.69) is 12.2 Å². The predicted molar refractivity (Wildman–Crippen MR) is 97.2 cm³/mol. The molecule has 5 heteroatoms. The van der Waals surface area contributed by atoms with Crippen LogP contribution in [-0.2, 0) is 11.2 Å². The number of fused-ring (bicyclic) bond motifs is 1. The van der Waals surface area contributed by atoms with E-state index in [0.717, 1.165) is 28.5 Å². The molecule has 0 saturated heterocycles. The van der Waals surface area contributed by atoms with Crippen molar-refractivity contribution in [2.45, 2.75) is 30.4 Å². The molecule has 0 aliphatic carbocycles. The van der Waals surface area contributed by atoms with E-state index in [4.69, 9.17) is 9.47 Å². The van der Waals surface area contributed by atoms with Crippen molar-refractivity contribution in [1.82, 2.24) is 0 Å². The second-order valence-electron chi connectivity index (χ2n) is 5.61. The van der Waals surface area contributed by atoms with Crippen LogP contribution in [0.4, 0.5) is 5.69 Å². The van der Waals surface area contributed by atoms with E-state index in [1.165, 1.54) is 17.3 Å². The first-order valence-electron chi connectivity index (χ1n) is 8.12. The van der Waals surface area contributed by atoms with E-state index < -0.39 is 0 Å². The highest BCUT2D eigenvalue weighted by molar-refractivity contribution is 8.00. The summed E-state index contributed by atoms with van der Waals surface area (Å²) in [5.74, 6) is 1.49. The lowest BCUT2D eigenvalue weighted by Crippen LogP contribution is -2.22. The van der Waals surface area contributed by atoms with E-state index in [0.29, 0.717) is 13.2 Å². The number of aryl methyl sites for hydroxylation is 1. The maximum atomic E-state index is 12.4. The van der Waals surface area contributed by atoms with E-state index >= 15 is 0 Å². The topological polar surface area (TPSA) is 47.6 Å². The van der Waals surface area contributed by atoms with Crippen LogP contribution < -0.4 is 14.8 Å². The summed E-state index contributed by atoms with van der Waals surface area (Å²) in [4.78, 5) is 13.4. The standard InChI is InChI=1S/C19H21NO3S/c1-3-14-4-6-15(7-5-14)20-19(21)13(2)24-16-8-9-17-18(12-16)23-11-10-22-17/h4-9,12-13H,3,10-11H2,1-2H3,(H,20,21). The number of rotatable bonds is 5. The van der Waals surface area contributed by atoms with Crippen LogP contribution in [0.5, 0.6) is 11.5 Å². The molecular weight excluding hydrogens is 322 g/mol. The van der Waals surface area contributed by atoms with Gasteiger partial charge in [0.1, 0.15) is 13.2 Å². The molecular formula is C19H21NO3S. The van der Waals surface area contributed by atoms with Crippen molar-refractivity contribution in [2.75, 3.05) is 18.5 Å². The lowest BCUT2D eigenvalue weighted by atomic mass is 10.1. The first kappa shape index (κ1) is 16.7. The summed E-state index contributed by atoms with van der Waals surface area (Å²) in [7, 11) is 0. The molecule has 0 bridgehead atoms. The van der Waals surface area contributed by atoms with E-state index in [9.17, 15) is 4.79 Å². The van der Waals surface area contributed by atoms with Crippen LogP contribution in [0.3, 0.4) is 0 Å². The largest absolute Gasteiger partial charge is 0.486 e. The summed E-state index contributed by atoms with van der Waals surface area (Å²) < 4.78 is 11.1.